The lowest BCUT2D eigenvalue weighted by Crippen LogP contribution is -2.48. The van der Waals surface area contributed by atoms with Crippen LogP contribution in [0.3, 0.4) is 0 Å². The fourth-order valence-electron chi connectivity index (χ4n) is 2.56. The summed E-state index contributed by atoms with van der Waals surface area (Å²) in [6.45, 7) is 1.68. The third-order valence-electron chi connectivity index (χ3n) is 3.75. The molecule has 0 aliphatic heterocycles. The Hall–Kier alpha value is -2.18. The van der Waals surface area contributed by atoms with Gasteiger partial charge >= 0.3 is 5.97 Å². The molecule has 1 fully saturated rings. The van der Waals surface area contributed by atoms with E-state index in [2.05, 4.69) is 10.3 Å². The number of rotatable bonds is 4. The van der Waals surface area contributed by atoms with Gasteiger partial charge < -0.3 is 10.4 Å². The third kappa shape index (κ3) is 2.71. The van der Waals surface area contributed by atoms with Crippen LogP contribution in [0.2, 0.25) is 0 Å². The van der Waals surface area contributed by atoms with Gasteiger partial charge in [-0.3, -0.25) is 10.1 Å². The second-order valence-electron chi connectivity index (χ2n) is 5.19. The van der Waals surface area contributed by atoms with Crippen LogP contribution in [0, 0.1) is 17.0 Å². The molecule has 0 amide bonds. The third-order valence-corrected chi connectivity index (χ3v) is 3.75. The summed E-state index contributed by atoms with van der Waals surface area (Å²) < 4.78 is 0. The number of aromatic nitrogens is 1. The molecule has 1 saturated carbocycles. The first-order chi connectivity index (χ1) is 9.44. The van der Waals surface area contributed by atoms with Gasteiger partial charge in [0, 0.05) is 6.07 Å². The molecule has 108 valence electrons. The first-order valence-electron chi connectivity index (χ1n) is 6.57. The number of hydrogen-bond donors (Lipinski definition) is 2. The lowest BCUT2D eigenvalue weighted by Gasteiger charge is -2.34. The van der Waals surface area contributed by atoms with Crippen molar-refractivity contribution in [3.8, 4) is 0 Å². The van der Waals surface area contributed by atoms with Gasteiger partial charge in [0.25, 0.3) is 5.69 Å². The van der Waals surface area contributed by atoms with E-state index in [-0.39, 0.29) is 5.69 Å². The Kier molecular flexibility index (Phi) is 3.87. The van der Waals surface area contributed by atoms with Crippen LogP contribution in [0.4, 0.5) is 11.5 Å². The molecule has 0 aromatic carbocycles. The van der Waals surface area contributed by atoms with E-state index in [1.165, 1.54) is 6.07 Å². The van der Waals surface area contributed by atoms with E-state index in [1.807, 2.05) is 0 Å². The molecule has 0 atom stereocenters. The molecule has 20 heavy (non-hydrogen) atoms. The minimum absolute atomic E-state index is 0.0962. The molecule has 1 aromatic rings. The molecule has 1 heterocycles. The fourth-order valence-corrected chi connectivity index (χ4v) is 2.56. The van der Waals surface area contributed by atoms with Crippen molar-refractivity contribution < 1.29 is 14.8 Å². The molecule has 0 unspecified atom stereocenters. The first-order valence-corrected chi connectivity index (χ1v) is 6.57. The van der Waals surface area contributed by atoms with Gasteiger partial charge in [-0.2, -0.15) is 0 Å². The molecular formula is C13H17N3O4. The van der Waals surface area contributed by atoms with Crippen molar-refractivity contribution in [2.75, 3.05) is 5.32 Å². The molecule has 2 N–H and O–H groups in total. The molecule has 1 aliphatic carbocycles. The standard InChI is InChI=1S/C13H17N3O4/c1-9-7-10(16(19)20)8-14-11(9)15-13(12(17)18)5-3-2-4-6-13/h7-8H,2-6H2,1H3,(H,14,15)(H,17,18). The van der Waals surface area contributed by atoms with Crippen molar-refractivity contribution in [1.82, 2.24) is 4.98 Å². The van der Waals surface area contributed by atoms with E-state index in [1.54, 1.807) is 6.92 Å². The zero-order valence-corrected chi connectivity index (χ0v) is 11.3. The Bertz CT molecular complexity index is 538. The van der Waals surface area contributed by atoms with Gasteiger partial charge in [-0.1, -0.05) is 19.3 Å². The van der Waals surface area contributed by atoms with Crippen LogP contribution in [-0.4, -0.2) is 26.5 Å². The van der Waals surface area contributed by atoms with Crippen molar-refractivity contribution in [1.29, 1.82) is 0 Å². The highest BCUT2D eigenvalue weighted by Crippen LogP contribution is 2.32. The molecule has 1 aromatic heterocycles. The molecule has 0 radical (unpaired) electrons. The first kappa shape index (κ1) is 14.2. The quantitative estimate of drug-likeness (QED) is 0.648. The number of anilines is 1. The minimum atomic E-state index is -1.01. The average Bonchev–Trinajstić information content (AvgIpc) is 2.41. The number of carboxylic acids is 1. The van der Waals surface area contributed by atoms with E-state index in [9.17, 15) is 20.0 Å². The monoisotopic (exact) mass is 279 g/mol. The number of aliphatic carboxylic acids is 1. The smallest absolute Gasteiger partial charge is 0.329 e. The number of nitro groups is 1. The largest absolute Gasteiger partial charge is 0.480 e. The highest BCUT2D eigenvalue weighted by molar-refractivity contribution is 5.82. The lowest BCUT2D eigenvalue weighted by molar-refractivity contribution is -0.385. The number of carboxylic acid groups (broad SMARTS) is 1. The number of hydrogen-bond acceptors (Lipinski definition) is 5. The van der Waals surface area contributed by atoms with Crippen molar-refractivity contribution in [2.45, 2.75) is 44.6 Å². The Balaban J connectivity index is 2.27. The summed E-state index contributed by atoms with van der Waals surface area (Å²) in [6, 6.07) is 1.40. The van der Waals surface area contributed by atoms with Crippen molar-refractivity contribution in [2.24, 2.45) is 0 Å². The van der Waals surface area contributed by atoms with Gasteiger partial charge in [0.15, 0.2) is 0 Å². The maximum Gasteiger partial charge on any atom is 0.329 e. The van der Waals surface area contributed by atoms with Crippen LogP contribution < -0.4 is 5.32 Å². The highest BCUT2D eigenvalue weighted by Gasteiger charge is 2.40. The van der Waals surface area contributed by atoms with E-state index in [4.69, 9.17) is 0 Å². The van der Waals surface area contributed by atoms with Crippen LogP contribution in [0.15, 0.2) is 12.3 Å². The Morgan fingerprint density at radius 3 is 2.60 bits per heavy atom. The molecular weight excluding hydrogens is 262 g/mol. The van der Waals surface area contributed by atoms with Crippen molar-refractivity contribution >= 4 is 17.5 Å². The van der Waals surface area contributed by atoms with Crippen LogP contribution >= 0.6 is 0 Å². The summed E-state index contributed by atoms with van der Waals surface area (Å²) in [5, 5.41) is 23.2. The normalized spacial score (nSPS) is 17.4. The summed E-state index contributed by atoms with van der Waals surface area (Å²) >= 11 is 0. The van der Waals surface area contributed by atoms with Crippen molar-refractivity contribution in [3.63, 3.8) is 0 Å². The number of carbonyl (C=O) groups is 1. The molecule has 7 nitrogen and oxygen atoms in total. The van der Waals surface area contributed by atoms with E-state index in [0.717, 1.165) is 25.5 Å². The van der Waals surface area contributed by atoms with Gasteiger partial charge in [-0.05, 0) is 25.3 Å². The number of pyridine rings is 1. The molecule has 7 heteroatoms. The maximum atomic E-state index is 11.6. The average molecular weight is 279 g/mol. The van der Waals surface area contributed by atoms with Crippen LogP contribution in [0.25, 0.3) is 0 Å². The SMILES string of the molecule is Cc1cc([N+](=O)[O-])cnc1NC1(C(=O)O)CCCCC1. The van der Waals surface area contributed by atoms with Crippen LogP contribution in [0.5, 0.6) is 0 Å². The predicted molar refractivity (Wildman–Crippen MR) is 72.7 cm³/mol. The van der Waals surface area contributed by atoms with E-state index < -0.39 is 16.4 Å². The topological polar surface area (TPSA) is 105 Å². The van der Waals surface area contributed by atoms with Gasteiger partial charge in [-0.25, -0.2) is 9.78 Å². The van der Waals surface area contributed by atoms with Crippen LogP contribution in [0.1, 0.15) is 37.7 Å². The summed E-state index contributed by atoms with van der Waals surface area (Å²) in [4.78, 5) is 25.7. The summed E-state index contributed by atoms with van der Waals surface area (Å²) in [6.07, 6.45) is 4.97. The van der Waals surface area contributed by atoms with Gasteiger partial charge in [0.05, 0.1) is 4.92 Å². The Labute approximate surface area is 116 Å². The number of nitrogens with zero attached hydrogens (tertiary/aromatic N) is 2. The predicted octanol–water partition coefficient (Wildman–Crippen LogP) is 2.50. The zero-order valence-electron chi connectivity index (χ0n) is 11.3. The van der Waals surface area contributed by atoms with Gasteiger partial charge in [0.1, 0.15) is 17.6 Å². The molecule has 0 spiro atoms. The Morgan fingerprint density at radius 2 is 2.10 bits per heavy atom. The maximum absolute atomic E-state index is 11.6. The second-order valence-corrected chi connectivity index (χ2v) is 5.19. The van der Waals surface area contributed by atoms with Crippen LogP contribution in [-0.2, 0) is 4.79 Å². The van der Waals surface area contributed by atoms with Gasteiger partial charge in [0.2, 0.25) is 0 Å². The highest BCUT2D eigenvalue weighted by atomic mass is 16.6. The summed E-state index contributed by atoms with van der Waals surface area (Å²) in [7, 11) is 0. The number of nitrogens with one attached hydrogen (secondary N) is 1. The van der Waals surface area contributed by atoms with Crippen molar-refractivity contribution in [3.05, 3.63) is 27.9 Å². The fraction of sp³-hybridized carbons (Fsp3) is 0.538. The minimum Gasteiger partial charge on any atom is -0.480 e. The lowest BCUT2D eigenvalue weighted by atomic mass is 9.81. The molecule has 0 bridgehead atoms. The van der Waals surface area contributed by atoms with E-state index >= 15 is 0 Å². The Morgan fingerprint density at radius 1 is 1.45 bits per heavy atom. The molecule has 0 saturated heterocycles. The summed E-state index contributed by atoms with van der Waals surface area (Å²) in [5.74, 6) is -0.489. The number of aryl methyl sites for hydroxylation is 1. The second kappa shape index (κ2) is 5.44. The van der Waals surface area contributed by atoms with Gasteiger partial charge in [-0.15, -0.1) is 0 Å². The molecule has 2 rings (SSSR count). The zero-order chi connectivity index (χ0) is 14.8. The summed E-state index contributed by atoms with van der Waals surface area (Å²) in [5.41, 5.74) is -0.530. The molecule has 1 aliphatic rings. The van der Waals surface area contributed by atoms with E-state index in [0.29, 0.717) is 24.2 Å².